The van der Waals surface area contributed by atoms with Crippen LogP contribution in [0.2, 0.25) is 0 Å². The molecule has 0 aliphatic carbocycles. The van der Waals surface area contributed by atoms with E-state index in [-0.39, 0.29) is 0 Å². The summed E-state index contributed by atoms with van der Waals surface area (Å²) < 4.78 is 10.7. The molecule has 4 N–H and O–H groups in total. The molecule has 118 valence electrons. The molecule has 0 saturated carbocycles. The number of hydrogen-bond acceptors (Lipinski definition) is 7. The van der Waals surface area contributed by atoms with Crippen LogP contribution in [-0.2, 0) is 4.74 Å². The first kappa shape index (κ1) is 15.1. The summed E-state index contributed by atoms with van der Waals surface area (Å²) >= 11 is 0. The molecule has 1 aliphatic heterocycles. The van der Waals surface area contributed by atoms with Crippen molar-refractivity contribution in [2.24, 2.45) is 0 Å². The summed E-state index contributed by atoms with van der Waals surface area (Å²) in [5.41, 5.74) is 0.703. The van der Waals surface area contributed by atoms with Crippen LogP contribution in [0.15, 0.2) is 36.5 Å². The monoisotopic (exact) mass is 307 g/mol. The zero-order valence-electron chi connectivity index (χ0n) is 11.6. The Morgan fingerprint density at radius 3 is 2.64 bits per heavy atom. The van der Waals surface area contributed by atoms with E-state index in [1.165, 1.54) is 0 Å². The first-order valence-electron chi connectivity index (χ1n) is 6.92. The Bertz CT molecular complexity index is 645. The highest BCUT2D eigenvalue weighted by atomic mass is 16.7. The highest BCUT2D eigenvalue weighted by molar-refractivity contribution is 5.84. The van der Waals surface area contributed by atoms with Gasteiger partial charge in [0.05, 0.1) is 12.1 Å². The van der Waals surface area contributed by atoms with Crippen molar-refractivity contribution in [2.75, 3.05) is 6.61 Å². The summed E-state index contributed by atoms with van der Waals surface area (Å²) in [6.07, 6.45) is -4.91. The normalized spacial score (nSPS) is 32.1. The molecule has 2 aromatic rings. The summed E-state index contributed by atoms with van der Waals surface area (Å²) in [6.45, 7) is -0.514. The number of aromatic nitrogens is 1. The van der Waals surface area contributed by atoms with E-state index in [1.807, 2.05) is 18.2 Å². The number of aliphatic hydroxyl groups is 4. The molecule has 0 radical (unpaired) electrons. The Kier molecular flexibility index (Phi) is 4.23. The number of aliphatic hydroxyl groups excluding tert-OH is 4. The van der Waals surface area contributed by atoms with Crippen LogP contribution in [0.3, 0.4) is 0 Å². The lowest BCUT2D eigenvalue weighted by atomic mass is 9.99. The molecular weight excluding hydrogens is 290 g/mol. The number of pyridine rings is 1. The molecule has 1 aromatic carbocycles. The first-order chi connectivity index (χ1) is 10.6. The van der Waals surface area contributed by atoms with Crippen LogP contribution >= 0.6 is 0 Å². The van der Waals surface area contributed by atoms with E-state index < -0.39 is 37.3 Å². The van der Waals surface area contributed by atoms with E-state index in [2.05, 4.69) is 4.98 Å². The van der Waals surface area contributed by atoms with Crippen molar-refractivity contribution in [3.05, 3.63) is 36.5 Å². The lowest BCUT2D eigenvalue weighted by Crippen LogP contribution is -2.60. The number of fused-ring (bicyclic) bond motifs is 1. The van der Waals surface area contributed by atoms with Gasteiger partial charge in [0, 0.05) is 11.6 Å². The SMILES string of the molecule is OCC1O[C@H](O)[C@H](Oc2ccnc3ccccc23)C(O)[C@@H]1O. The van der Waals surface area contributed by atoms with Crippen LogP contribution in [0.5, 0.6) is 5.75 Å². The number of ether oxygens (including phenoxy) is 2. The molecule has 0 bridgehead atoms. The van der Waals surface area contributed by atoms with Crippen LogP contribution in [-0.4, -0.2) is 62.7 Å². The standard InChI is InChI=1S/C15H17NO6/c17-7-11-12(18)13(19)14(15(20)22-11)21-10-5-6-16-9-4-2-1-3-8(9)10/h1-6,11-15,17-20H,7H2/t11?,12-,13?,14-,15+/m1/s1. The second kappa shape index (κ2) is 6.15. The van der Waals surface area contributed by atoms with E-state index in [1.54, 1.807) is 18.3 Å². The van der Waals surface area contributed by atoms with E-state index in [9.17, 15) is 15.3 Å². The zero-order chi connectivity index (χ0) is 15.7. The van der Waals surface area contributed by atoms with Crippen LogP contribution in [0.25, 0.3) is 10.9 Å². The van der Waals surface area contributed by atoms with Gasteiger partial charge in [-0.3, -0.25) is 4.98 Å². The smallest absolute Gasteiger partial charge is 0.195 e. The fourth-order valence-electron chi connectivity index (χ4n) is 2.52. The average molecular weight is 307 g/mol. The molecule has 1 fully saturated rings. The highest BCUT2D eigenvalue weighted by Crippen LogP contribution is 2.29. The second-order valence-electron chi connectivity index (χ2n) is 5.14. The number of hydrogen-bond donors (Lipinski definition) is 4. The molecular formula is C15H17NO6. The molecule has 0 amide bonds. The molecule has 2 heterocycles. The third-order valence-corrected chi connectivity index (χ3v) is 3.71. The van der Waals surface area contributed by atoms with Crippen molar-refractivity contribution < 1.29 is 29.9 Å². The topological polar surface area (TPSA) is 112 Å². The maximum atomic E-state index is 10.1. The van der Waals surface area contributed by atoms with Gasteiger partial charge in [-0.1, -0.05) is 12.1 Å². The third kappa shape index (κ3) is 2.65. The van der Waals surface area contributed by atoms with Gasteiger partial charge in [-0.25, -0.2) is 0 Å². The molecule has 1 aliphatic rings. The summed E-state index contributed by atoms with van der Waals surface area (Å²) in [7, 11) is 0. The molecule has 0 spiro atoms. The summed E-state index contributed by atoms with van der Waals surface area (Å²) in [5, 5.41) is 39.7. The van der Waals surface area contributed by atoms with Crippen molar-refractivity contribution >= 4 is 10.9 Å². The number of benzene rings is 1. The predicted octanol–water partition coefficient (Wildman–Crippen LogP) is -0.587. The summed E-state index contributed by atoms with van der Waals surface area (Å²) in [4.78, 5) is 4.19. The predicted molar refractivity (Wildman–Crippen MR) is 76.1 cm³/mol. The lowest BCUT2D eigenvalue weighted by molar-refractivity contribution is -0.280. The van der Waals surface area contributed by atoms with Crippen LogP contribution < -0.4 is 4.74 Å². The minimum absolute atomic E-state index is 0.409. The van der Waals surface area contributed by atoms with Crippen LogP contribution in [0.4, 0.5) is 0 Å². The second-order valence-corrected chi connectivity index (χ2v) is 5.14. The Balaban J connectivity index is 1.88. The van der Waals surface area contributed by atoms with E-state index >= 15 is 0 Å². The van der Waals surface area contributed by atoms with Crippen LogP contribution in [0, 0.1) is 0 Å². The largest absolute Gasteiger partial charge is 0.482 e. The zero-order valence-corrected chi connectivity index (χ0v) is 11.6. The molecule has 2 unspecified atom stereocenters. The van der Waals surface area contributed by atoms with E-state index in [0.717, 1.165) is 0 Å². The van der Waals surface area contributed by atoms with Gasteiger partial charge in [0.2, 0.25) is 0 Å². The number of para-hydroxylation sites is 1. The van der Waals surface area contributed by atoms with Gasteiger partial charge in [0.1, 0.15) is 24.1 Å². The fraction of sp³-hybridized carbons (Fsp3) is 0.400. The first-order valence-corrected chi connectivity index (χ1v) is 6.92. The fourth-order valence-corrected chi connectivity index (χ4v) is 2.52. The number of nitrogens with zero attached hydrogens (tertiary/aromatic N) is 1. The van der Waals surface area contributed by atoms with Gasteiger partial charge in [0.15, 0.2) is 12.4 Å². The van der Waals surface area contributed by atoms with Crippen LogP contribution in [0.1, 0.15) is 0 Å². The molecule has 7 heteroatoms. The van der Waals surface area contributed by atoms with Crippen molar-refractivity contribution in [1.82, 2.24) is 4.98 Å². The van der Waals surface area contributed by atoms with E-state index in [0.29, 0.717) is 16.7 Å². The van der Waals surface area contributed by atoms with Gasteiger partial charge in [-0.2, -0.15) is 0 Å². The third-order valence-electron chi connectivity index (χ3n) is 3.71. The molecule has 1 saturated heterocycles. The molecule has 5 atom stereocenters. The number of rotatable bonds is 3. The Morgan fingerprint density at radius 2 is 1.86 bits per heavy atom. The Labute approximate surface area is 126 Å². The van der Waals surface area contributed by atoms with Gasteiger partial charge < -0.3 is 29.9 Å². The van der Waals surface area contributed by atoms with Gasteiger partial charge in [-0.15, -0.1) is 0 Å². The van der Waals surface area contributed by atoms with Crippen molar-refractivity contribution in [1.29, 1.82) is 0 Å². The average Bonchev–Trinajstić information content (AvgIpc) is 2.55. The van der Waals surface area contributed by atoms with Crippen molar-refractivity contribution in [3.63, 3.8) is 0 Å². The molecule has 1 aromatic heterocycles. The summed E-state index contributed by atoms with van der Waals surface area (Å²) in [5.74, 6) is 0.409. The molecule has 7 nitrogen and oxygen atoms in total. The minimum atomic E-state index is -1.47. The summed E-state index contributed by atoms with van der Waals surface area (Å²) in [6, 6.07) is 8.86. The van der Waals surface area contributed by atoms with Crippen molar-refractivity contribution in [3.8, 4) is 5.75 Å². The maximum Gasteiger partial charge on any atom is 0.195 e. The highest BCUT2D eigenvalue weighted by Gasteiger charge is 2.45. The molecule has 22 heavy (non-hydrogen) atoms. The molecule has 3 rings (SSSR count). The van der Waals surface area contributed by atoms with Gasteiger partial charge >= 0.3 is 0 Å². The quantitative estimate of drug-likeness (QED) is 0.600. The van der Waals surface area contributed by atoms with Crippen molar-refractivity contribution in [2.45, 2.75) is 30.7 Å². The Hall–Kier alpha value is -1.77. The minimum Gasteiger partial charge on any atom is -0.482 e. The lowest BCUT2D eigenvalue weighted by Gasteiger charge is -2.39. The van der Waals surface area contributed by atoms with Gasteiger partial charge in [0.25, 0.3) is 0 Å². The van der Waals surface area contributed by atoms with E-state index in [4.69, 9.17) is 14.6 Å². The Morgan fingerprint density at radius 1 is 1.09 bits per heavy atom. The maximum absolute atomic E-state index is 10.1. The van der Waals surface area contributed by atoms with Gasteiger partial charge in [-0.05, 0) is 18.2 Å².